The first kappa shape index (κ1) is 19.3. The molecule has 0 spiro atoms. The molecule has 0 bridgehead atoms. The van der Waals surface area contributed by atoms with Crippen molar-refractivity contribution in [2.45, 2.75) is 25.5 Å². The molecule has 0 fully saturated rings. The van der Waals surface area contributed by atoms with Gasteiger partial charge in [0.2, 0.25) is 11.9 Å². The summed E-state index contributed by atoms with van der Waals surface area (Å²) in [6.45, 7) is 5.64. The molecule has 1 aliphatic heterocycles. The monoisotopic (exact) mass is 409 g/mol. The number of hydrogen-bond donors (Lipinski definition) is 1. The molecule has 2 heterocycles. The third-order valence-corrected chi connectivity index (χ3v) is 5.83. The Kier molecular flexibility index (Phi) is 5.44. The molecule has 0 saturated carbocycles. The minimum Gasteiger partial charge on any atom is -0.497 e. The van der Waals surface area contributed by atoms with Crippen molar-refractivity contribution in [2.24, 2.45) is 0 Å². The maximum Gasteiger partial charge on any atom is 0.234 e. The molecule has 1 aliphatic rings. The van der Waals surface area contributed by atoms with E-state index in [1.165, 1.54) is 17.3 Å². The van der Waals surface area contributed by atoms with Crippen LogP contribution in [0.25, 0.3) is 0 Å². The van der Waals surface area contributed by atoms with Crippen molar-refractivity contribution in [2.75, 3.05) is 29.6 Å². The van der Waals surface area contributed by atoms with Gasteiger partial charge in [-0.15, -0.1) is 10.2 Å². The molecule has 150 valence electrons. The number of anilines is 3. The summed E-state index contributed by atoms with van der Waals surface area (Å²) in [5.41, 5.74) is 4.12. The number of rotatable bonds is 6. The van der Waals surface area contributed by atoms with Gasteiger partial charge in [-0.25, -0.2) is 0 Å². The Hall–Kier alpha value is -3.00. The number of carbonyl (C=O) groups excluding carboxylic acids is 1. The van der Waals surface area contributed by atoms with Crippen LogP contribution in [-0.4, -0.2) is 40.1 Å². The highest BCUT2D eigenvalue weighted by molar-refractivity contribution is 7.99. The Bertz CT molecular complexity index is 1030. The van der Waals surface area contributed by atoms with E-state index in [1.807, 2.05) is 50.2 Å². The minimum atomic E-state index is -0.0516. The van der Waals surface area contributed by atoms with Crippen LogP contribution in [0.2, 0.25) is 0 Å². The molecule has 1 amide bonds. The van der Waals surface area contributed by atoms with Gasteiger partial charge in [0.05, 0.1) is 12.9 Å². The Morgan fingerprint density at radius 1 is 1.14 bits per heavy atom. The van der Waals surface area contributed by atoms with Crippen LogP contribution in [0.4, 0.5) is 17.3 Å². The third kappa shape index (κ3) is 4.07. The van der Waals surface area contributed by atoms with Crippen LogP contribution in [0.5, 0.6) is 5.75 Å². The number of ether oxygens (including phenoxy) is 1. The standard InChI is InChI=1S/C21H23N5O2S/c1-14-4-9-18(15(2)12-14)22-19(27)13-29-21-24-23-20-25(10-11-26(20)21)16-5-7-17(28-3)8-6-16/h4-9,12H,10-11,13H2,1-3H3,(H,22,27). The largest absolute Gasteiger partial charge is 0.497 e. The summed E-state index contributed by atoms with van der Waals surface area (Å²) in [6.07, 6.45) is 0. The molecule has 3 aromatic rings. The van der Waals surface area contributed by atoms with Gasteiger partial charge < -0.3 is 15.0 Å². The number of amides is 1. The number of fused-ring (bicyclic) bond motifs is 1. The van der Waals surface area contributed by atoms with Gasteiger partial charge in [0.15, 0.2) is 5.16 Å². The number of benzene rings is 2. The Morgan fingerprint density at radius 3 is 2.66 bits per heavy atom. The van der Waals surface area contributed by atoms with E-state index in [-0.39, 0.29) is 11.7 Å². The lowest BCUT2D eigenvalue weighted by Crippen LogP contribution is -2.15. The molecule has 4 rings (SSSR count). The summed E-state index contributed by atoms with van der Waals surface area (Å²) in [6, 6.07) is 13.9. The molecule has 0 radical (unpaired) electrons. The van der Waals surface area contributed by atoms with E-state index in [4.69, 9.17) is 4.74 Å². The summed E-state index contributed by atoms with van der Waals surface area (Å²) in [4.78, 5) is 14.5. The number of carbonyl (C=O) groups is 1. The van der Waals surface area contributed by atoms with Crippen molar-refractivity contribution >= 4 is 35.0 Å². The zero-order valence-corrected chi connectivity index (χ0v) is 17.5. The van der Waals surface area contributed by atoms with Gasteiger partial charge in [-0.1, -0.05) is 29.5 Å². The van der Waals surface area contributed by atoms with E-state index in [9.17, 15) is 4.79 Å². The number of methoxy groups -OCH3 is 1. The van der Waals surface area contributed by atoms with Crippen LogP contribution < -0.4 is 15.0 Å². The van der Waals surface area contributed by atoms with Crippen molar-refractivity contribution in [3.05, 3.63) is 53.6 Å². The van der Waals surface area contributed by atoms with Crippen LogP contribution in [0.3, 0.4) is 0 Å². The molecule has 1 aromatic heterocycles. The number of nitrogens with zero attached hydrogens (tertiary/aromatic N) is 4. The first-order valence-corrected chi connectivity index (χ1v) is 10.4. The second kappa shape index (κ2) is 8.16. The number of thioether (sulfide) groups is 1. The fourth-order valence-corrected chi connectivity index (χ4v) is 4.12. The molecular weight excluding hydrogens is 386 g/mol. The highest BCUT2D eigenvalue weighted by Crippen LogP contribution is 2.32. The van der Waals surface area contributed by atoms with Gasteiger partial charge >= 0.3 is 0 Å². The second-order valence-corrected chi connectivity index (χ2v) is 7.88. The quantitative estimate of drug-likeness (QED) is 0.625. The molecule has 7 nitrogen and oxygen atoms in total. The van der Waals surface area contributed by atoms with Crippen LogP contribution in [0.15, 0.2) is 47.6 Å². The van der Waals surface area contributed by atoms with Crippen molar-refractivity contribution in [1.29, 1.82) is 0 Å². The fraction of sp³-hybridized carbons (Fsp3) is 0.286. The van der Waals surface area contributed by atoms with Crippen LogP contribution in [-0.2, 0) is 11.3 Å². The van der Waals surface area contributed by atoms with E-state index in [0.717, 1.165) is 46.9 Å². The highest BCUT2D eigenvalue weighted by atomic mass is 32.2. The SMILES string of the molecule is COc1ccc(N2CCn3c(SCC(=O)Nc4ccc(C)cc4C)nnc32)cc1. The van der Waals surface area contributed by atoms with Crippen LogP contribution in [0, 0.1) is 13.8 Å². The Morgan fingerprint density at radius 2 is 1.93 bits per heavy atom. The van der Waals surface area contributed by atoms with E-state index in [0.29, 0.717) is 0 Å². The lowest BCUT2D eigenvalue weighted by Gasteiger charge is -2.15. The molecule has 8 heteroatoms. The zero-order chi connectivity index (χ0) is 20.4. The van der Waals surface area contributed by atoms with Gasteiger partial charge in [0, 0.05) is 24.5 Å². The Labute approximate surface area is 174 Å². The van der Waals surface area contributed by atoms with Crippen LogP contribution in [0.1, 0.15) is 11.1 Å². The molecule has 0 aliphatic carbocycles. The van der Waals surface area contributed by atoms with Crippen molar-refractivity contribution in [3.63, 3.8) is 0 Å². The Balaban J connectivity index is 1.40. The first-order valence-electron chi connectivity index (χ1n) is 9.40. The molecule has 29 heavy (non-hydrogen) atoms. The third-order valence-electron chi connectivity index (χ3n) is 4.86. The normalized spacial score (nSPS) is 12.7. The number of nitrogens with one attached hydrogen (secondary N) is 1. The smallest absolute Gasteiger partial charge is 0.234 e. The van der Waals surface area contributed by atoms with Gasteiger partial charge in [0.25, 0.3) is 0 Å². The molecule has 2 aromatic carbocycles. The van der Waals surface area contributed by atoms with Gasteiger partial charge in [-0.05, 0) is 49.7 Å². The molecule has 0 atom stereocenters. The van der Waals surface area contributed by atoms with Crippen LogP contribution >= 0.6 is 11.8 Å². The van der Waals surface area contributed by atoms with Gasteiger partial charge in [-0.2, -0.15) is 0 Å². The topological polar surface area (TPSA) is 72.3 Å². The maximum atomic E-state index is 12.4. The minimum absolute atomic E-state index is 0.0516. The highest BCUT2D eigenvalue weighted by Gasteiger charge is 2.26. The van der Waals surface area contributed by atoms with Gasteiger partial charge in [-0.3, -0.25) is 9.36 Å². The molecule has 0 saturated heterocycles. The predicted octanol–water partition coefficient (Wildman–Crippen LogP) is 3.79. The maximum absolute atomic E-state index is 12.4. The van der Waals surface area contributed by atoms with E-state index >= 15 is 0 Å². The van der Waals surface area contributed by atoms with Crippen molar-refractivity contribution < 1.29 is 9.53 Å². The number of aryl methyl sites for hydroxylation is 2. The second-order valence-electron chi connectivity index (χ2n) is 6.94. The molecular formula is C21H23N5O2S. The average molecular weight is 410 g/mol. The summed E-state index contributed by atoms with van der Waals surface area (Å²) in [5.74, 6) is 1.85. The number of aromatic nitrogens is 3. The van der Waals surface area contributed by atoms with E-state index < -0.39 is 0 Å². The van der Waals surface area contributed by atoms with E-state index in [1.54, 1.807) is 7.11 Å². The predicted molar refractivity (Wildman–Crippen MR) is 115 cm³/mol. The van der Waals surface area contributed by atoms with E-state index in [2.05, 4.69) is 31.0 Å². The lowest BCUT2D eigenvalue weighted by atomic mass is 10.1. The summed E-state index contributed by atoms with van der Waals surface area (Å²) in [7, 11) is 1.65. The fourth-order valence-electron chi connectivity index (χ4n) is 3.36. The number of hydrogen-bond acceptors (Lipinski definition) is 6. The van der Waals surface area contributed by atoms with Gasteiger partial charge in [0.1, 0.15) is 5.75 Å². The van der Waals surface area contributed by atoms with Crippen molar-refractivity contribution in [1.82, 2.24) is 14.8 Å². The first-order chi connectivity index (χ1) is 14.0. The summed E-state index contributed by atoms with van der Waals surface area (Å²) in [5, 5.41) is 12.4. The summed E-state index contributed by atoms with van der Waals surface area (Å²) < 4.78 is 7.28. The molecule has 1 N–H and O–H groups in total. The molecule has 0 unspecified atom stereocenters. The zero-order valence-electron chi connectivity index (χ0n) is 16.7. The summed E-state index contributed by atoms with van der Waals surface area (Å²) >= 11 is 1.40. The van der Waals surface area contributed by atoms with Crippen molar-refractivity contribution in [3.8, 4) is 5.75 Å². The lowest BCUT2D eigenvalue weighted by molar-refractivity contribution is -0.113. The average Bonchev–Trinajstić information content (AvgIpc) is 3.31.